The second kappa shape index (κ2) is 5.84. The Labute approximate surface area is 99.1 Å². The number of methoxy groups -OCH3 is 3. The monoisotopic (exact) mass is 244 g/mol. The summed E-state index contributed by atoms with van der Waals surface area (Å²) in [6.07, 6.45) is -0.911. The van der Waals surface area contributed by atoms with E-state index in [2.05, 4.69) is 0 Å². The van der Waals surface area contributed by atoms with Gasteiger partial charge in [-0.1, -0.05) is 11.6 Å². The van der Waals surface area contributed by atoms with Crippen molar-refractivity contribution in [2.24, 2.45) is 0 Å². The van der Waals surface area contributed by atoms with Gasteiger partial charge in [-0.05, 0) is 18.2 Å². The molecule has 0 unspecified atom stereocenters. The Kier molecular flexibility index (Phi) is 4.73. The van der Waals surface area contributed by atoms with E-state index < -0.39 is 6.29 Å². The Hall–Kier alpha value is -1.10. The maximum absolute atomic E-state index is 11.8. The number of hydrogen-bond acceptors (Lipinski definition) is 4. The molecule has 4 nitrogen and oxygen atoms in total. The first-order chi connectivity index (χ1) is 7.63. The maximum atomic E-state index is 11.8. The molecular weight excluding hydrogens is 232 g/mol. The normalized spacial score (nSPS) is 10.6. The molecule has 0 heterocycles. The Morgan fingerprint density at radius 3 is 2.38 bits per heavy atom. The quantitative estimate of drug-likeness (QED) is 0.588. The molecule has 1 aromatic carbocycles. The van der Waals surface area contributed by atoms with Gasteiger partial charge in [0.25, 0.3) is 0 Å². The van der Waals surface area contributed by atoms with Gasteiger partial charge in [-0.3, -0.25) is 4.79 Å². The summed E-state index contributed by atoms with van der Waals surface area (Å²) < 4.78 is 14.8. The third-order valence-corrected chi connectivity index (χ3v) is 2.39. The van der Waals surface area contributed by atoms with Crippen molar-refractivity contribution < 1.29 is 19.0 Å². The topological polar surface area (TPSA) is 44.8 Å². The van der Waals surface area contributed by atoms with Gasteiger partial charge in [0.1, 0.15) is 5.75 Å². The van der Waals surface area contributed by atoms with Crippen LogP contribution in [-0.4, -0.2) is 33.4 Å². The molecule has 0 saturated carbocycles. The van der Waals surface area contributed by atoms with E-state index in [0.717, 1.165) is 0 Å². The van der Waals surface area contributed by atoms with E-state index in [-0.39, 0.29) is 5.78 Å². The highest BCUT2D eigenvalue weighted by atomic mass is 35.5. The molecule has 0 spiro atoms. The van der Waals surface area contributed by atoms with Crippen molar-refractivity contribution in [2.75, 3.05) is 21.3 Å². The van der Waals surface area contributed by atoms with Gasteiger partial charge in [-0.15, -0.1) is 0 Å². The summed E-state index contributed by atoms with van der Waals surface area (Å²) in [4.78, 5) is 11.8. The molecule has 0 radical (unpaired) electrons. The number of ketones is 1. The molecule has 0 aliphatic heterocycles. The van der Waals surface area contributed by atoms with Crippen LogP contribution in [-0.2, 0) is 9.47 Å². The van der Waals surface area contributed by atoms with Gasteiger partial charge in [-0.25, -0.2) is 0 Å². The van der Waals surface area contributed by atoms with Crippen molar-refractivity contribution in [2.45, 2.75) is 6.29 Å². The fourth-order valence-electron chi connectivity index (χ4n) is 1.26. The van der Waals surface area contributed by atoms with Crippen molar-refractivity contribution in [1.82, 2.24) is 0 Å². The second-order valence-corrected chi connectivity index (χ2v) is 3.42. The average molecular weight is 245 g/mol. The fraction of sp³-hybridized carbons (Fsp3) is 0.364. The minimum absolute atomic E-state index is 0.278. The van der Waals surface area contributed by atoms with Crippen LogP contribution in [0.5, 0.6) is 5.75 Å². The summed E-state index contributed by atoms with van der Waals surface area (Å²) in [5.41, 5.74) is 0.426. The summed E-state index contributed by atoms with van der Waals surface area (Å²) in [7, 11) is 4.29. The van der Waals surface area contributed by atoms with Gasteiger partial charge in [0.05, 0.1) is 12.1 Å². The zero-order chi connectivity index (χ0) is 12.1. The van der Waals surface area contributed by atoms with Crippen LogP contribution in [0.25, 0.3) is 0 Å². The lowest BCUT2D eigenvalue weighted by Crippen LogP contribution is -2.24. The van der Waals surface area contributed by atoms with Gasteiger partial charge in [0.15, 0.2) is 0 Å². The van der Waals surface area contributed by atoms with Crippen molar-refractivity contribution in [3.63, 3.8) is 0 Å². The van der Waals surface area contributed by atoms with Crippen LogP contribution in [0.1, 0.15) is 10.4 Å². The summed E-state index contributed by atoms with van der Waals surface area (Å²) in [5, 5.41) is 0.449. The highest BCUT2D eigenvalue weighted by Crippen LogP contribution is 2.25. The van der Waals surface area contributed by atoms with Crippen LogP contribution < -0.4 is 4.74 Å². The van der Waals surface area contributed by atoms with E-state index >= 15 is 0 Å². The molecule has 88 valence electrons. The zero-order valence-electron chi connectivity index (χ0n) is 9.32. The second-order valence-electron chi connectivity index (χ2n) is 3.02. The van der Waals surface area contributed by atoms with Crippen LogP contribution in [0.4, 0.5) is 0 Å². The highest BCUT2D eigenvalue weighted by molar-refractivity contribution is 6.32. The molecule has 0 aliphatic rings. The molecule has 0 aromatic heterocycles. The maximum Gasteiger partial charge on any atom is 0.222 e. The Morgan fingerprint density at radius 2 is 1.88 bits per heavy atom. The molecule has 0 aliphatic carbocycles. The zero-order valence-corrected chi connectivity index (χ0v) is 10.1. The standard InChI is InChI=1S/C11H13ClO4/c1-14-9-6-7(4-5-8(9)12)10(13)11(15-2)16-3/h4-6,11H,1-3H3. The molecule has 1 aromatic rings. The van der Waals surface area contributed by atoms with Crippen LogP contribution in [0.15, 0.2) is 18.2 Å². The molecule has 5 heteroatoms. The Bertz CT molecular complexity index is 374. The van der Waals surface area contributed by atoms with Crippen molar-refractivity contribution >= 4 is 17.4 Å². The lowest BCUT2D eigenvalue weighted by atomic mass is 10.1. The Balaban J connectivity index is 3.00. The minimum atomic E-state index is -0.911. The lowest BCUT2D eigenvalue weighted by Gasteiger charge is -2.12. The summed E-state index contributed by atoms with van der Waals surface area (Å²) in [5.74, 6) is 0.165. The SMILES string of the molecule is COc1cc(C(=O)C(OC)OC)ccc1Cl. The molecular formula is C11H13ClO4. The first-order valence-corrected chi connectivity index (χ1v) is 4.95. The third kappa shape index (κ3) is 2.72. The van der Waals surface area contributed by atoms with Crippen LogP contribution in [0.3, 0.4) is 0 Å². The number of halogens is 1. The van der Waals surface area contributed by atoms with Crippen molar-refractivity contribution in [3.8, 4) is 5.75 Å². The molecule has 16 heavy (non-hydrogen) atoms. The average Bonchev–Trinajstić information content (AvgIpc) is 2.31. The van der Waals surface area contributed by atoms with Crippen LogP contribution in [0, 0.1) is 0 Å². The third-order valence-electron chi connectivity index (χ3n) is 2.08. The molecule has 0 saturated heterocycles. The number of carbonyl (C=O) groups excluding carboxylic acids is 1. The summed E-state index contributed by atoms with van der Waals surface area (Å²) in [6.45, 7) is 0. The summed E-state index contributed by atoms with van der Waals surface area (Å²) >= 11 is 5.85. The van der Waals surface area contributed by atoms with Crippen LogP contribution >= 0.6 is 11.6 Å². The first-order valence-electron chi connectivity index (χ1n) is 4.57. The number of benzene rings is 1. The molecule has 0 amide bonds. The van der Waals surface area contributed by atoms with Gasteiger partial charge in [-0.2, -0.15) is 0 Å². The largest absolute Gasteiger partial charge is 0.495 e. The summed E-state index contributed by atoms with van der Waals surface area (Å²) in [6, 6.07) is 4.74. The van der Waals surface area contributed by atoms with E-state index in [9.17, 15) is 4.79 Å². The van der Waals surface area contributed by atoms with E-state index in [1.165, 1.54) is 21.3 Å². The van der Waals surface area contributed by atoms with E-state index in [4.69, 9.17) is 25.8 Å². The Morgan fingerprint density at radius 1 is 1.25 bits per heavy atom. The van der Waals surface area contributed by atoms with Crippen molar-refractivity contribution in [3.05, 3.63) is 28.8 Å². The van der Waals surface area contributed by atoms with E-state index in [0.29, 0.717) is 16.3 Å². The van der Waals surface area contributed by atoms with Gasteiger partial charge in [0.2, 0.25) is 12.1 Å². The predicted molar refractivity (Wildman–Crippen MR) is 60.1 cm³/mol. The van der Waals surface area contributed by atoms with Gasteiger partial charge in [0, 0.05) is 19.8 Å². The highest BCUT2D eigenvalue weighted by Gasteiger charge is 2.19. The lowest BCUT2D eigenvalue weighted by molar-refractivity contribution is -0.0742. The minimum Gasteiger partial charge on any atom is -0.495 e. The predicted octanol–water partition coefficient (Wildman–Crippen LogP) is 2.15. The van der Waals surface area contributed by atoms with Crippen LogP contribution in [0.2, 0.25) is 5.02 Å². The number of ether oxygens (including phenoxy) is 3. The smallest absolute Gasteiger partial charge is 0.222 e. The van der Waals surface area contributed by atoms with Gasteiger partial charge >= 0.3 is 0 Å². The fourth-order valence-corrected chi connectivity index (χ4v) is 1.45. The van der Waals surface area contributed by atoms with Crippen molar-refractivity contribution in [1.29, 1.82) is 0 Å². The molecule has 1 rings (SSSR count). The number of Topliss-reactive ketones (excluding diaryl/α,β-unsaturated/α-hetero) is 1. The molecule has 0 N–H and O–H groups in total. The van der Waals surface area contributed by atoms with Gasteiger partial charge < -0.3 is 14.2 Å². The molecule has 0 fully saturated rings. The van der Waals surface area contributed by atoms with E-state index in [1.807, 2.05) is 0 Å². The number of rotatable bonds is 5. The molecule has 0 atom stereocenters. The number of hydrogen-bond donors (Lipinski definition) is 0. The number of carbonyl (C=O) groups is 1. The first kappa shape index (κ1) is 13.0. The van der Waals surface area contributed by atoms with E-state index in [1.54, 1.807) is 18.2 Å². The molecule has 0 bridgehead atoms.